The third kappa shape index (κ3) is 15.7. The summed E-state index contributed by atoms with van der Waals surface area (Å²) in [5, 5.41) is 17.7. The fourth-order valence-corrected chi connectivity index (χ4v) is 7.53. The summed E-state index contributed by atoms with van der Waals surface area (Å²) < 4.78 is 34.9. The number of aromatic nitrogens is 3. The second kappa shape index (κ2) is 22.7. The van der Waals surface area contributed by atoms with Crippen molar-refractivity contribution in [3.63, 3.8) is 0 Å². The number of aliphatic hydroxyl groups is 1. The van der Waals surface area contributed by atoms with Crippen LogP contribution in [0.15, 0.2) is 59.3 Å². The molecule has 2 heterocycles. The summed E-state index contributed by atoms with van der Waals surface area (Å²) >= 11 is 0. The SMILES string of the molecule is CCCCOC(=O)C(C)(C)CC(C)(CC(C)(CC(C)(C)C(=O)OCc1cn(CCCOC(=O)C(C)(C)CCc2ccccc2)nn1)C(=O)OCc1ccco1)C(=O)OCCO. The fourth-order valence-electron chi connectivity index (χ4n) is 7.53. The van der Waals surface area contributed by atoms with E-state index in [4.69, 9.17) is 28.1 Å². The summed E-state index contributed by atoms with van der Waals surface area (Å²) in [5.41, 5.74) is -4.60. The molecule has 2 unspecified atom stereocenters. The molecular weight excluding hydrogens is 787 g/mol. The molecule has 0 saturated heterocycles. The standard InChI is InChI=1S/C46H67N3O12/c1-10-11-24-57-38(52)43(4,5)31-45(8,40(54)59-27-23-50)33-46(9,41(55)61-30-36-19-15-25-56-36)32-44(6,7)39(53)60-29-35-28-49(48-47-35)22-16-26-58-37(51)42(2,3)21-20-34-17-13-12-14-18-34/h12-15,17-19,25,28,50H,10-11,16,20-24,26-27,29-33H2,1-9H3. The van der Waals surface area contributed by atoms with Crippen molar-refractivity contribution in [2.24, 2.45) is 27.1 Å². The zero-order valence-corrected chi connectivity index (χ0v) is 37.6. The molecule has 3 aromatic rings. The Morgan fingerprint density at radius 3 is 1.80 bits per heavy atom. The van der Waals surface area contributed by atoms with E-state index in [2.05, 4.69) is 10.3 Å². The first-order valence-electron chi connectivity index (χ1n) is 21.1. The third-order valence-corrected chi connectivity index (χ3v) is 10.7. The highest BCUT2D eigenvalue weighted by atomic mass is 16.6. The van der Waals surface area contributed by atoms with Gasteiger partial charge in [0.05, 0.1) is 59.4 Å². The van der Waals surface area contributed by atoms with Gasteiger partial charge in [0, 0.05) is 13.0 Å². The van der Waals surface area contributed by atoms with Crippen LogP contribution in [0.1, 0.15) is 124 Å². The number of carbonyl (C=O) groups is 5. The molecule has 61 heavy (non-hydrogen) atoms. The first-order valence-corrected chi connectivity index (χ1v) is 21.1. The van der Waals surface area contributed by atoms with Gasteiger partial charge in [-0.05, 0) is 112 Å². The van der Waals surface area contributed by atoms with Crippen molar-refractivity contribution in [1.29, 1.82) is 0 Å². The second-order valence-electron chi connectivity index (χ2n) is 18.3. The van der Waals surface area contributed by atoms with Crippen LogP contribution >= 0.6 is 0 Å². The fraction of sp³-hybridized carbons (Fsp3) is 0.630. The van der Waals surface area contributed by atoms with Crippen LogP contribution in [-0.4, -0.2) is 76.4 Å². The minimum atomic E-state index is -1.52. The van der Waals surface area contributed by atoms with Gasteiger partial charge in [-0.2, -0.15) is 0 Å². The monoisotopic (exact) mass is 853 g/mol. The van der Waals surface area contributed by atoms with E-state index in [1.807, 2.05) is 51.1 Å². The van der Waals surface area contributed by atoms with Crippen LogP contribution in [0.5, 0.6) is 0 Å². The zero-order valence-electron chi connectivity index (χ0n) is 37.6. The molecule has 1 N–H and O–H groups in total. The van der Waals surface area contributed by atoms with E-state index < -0.39 is 57.6 Å². The number of furan rings is 1. The van der Waals surface area contributed by atoms with Crippen LogP contribution in [0, 0.1) is 27.1 Å². The molecule has 0 amide bonds. The van der Waals surface area contributed by atoms with E-state index in [9.17, 15) is 29.1 Å². The summed E-state index contributed by atoms with van der Waals surface area (Å²) in [7, 11) is 0. The van der Waals surface area contributed by atoms with E-state index in [0.29, 0.717) is 37.3 Å². The Morgan fingerprint density at radius 2 is 1.21 bits per heavy atom. The molecule has 0 aliphatic heterocycles. The largest absolute Gasteiger partial charge is 0.466 e. The number of hydrogen-bond acceptors (Lipinski definition) is 14. The Kier molecular flexibility index (Phi) is 18.7. The molecule has 15 nitrogen and oxygen atoms in total. The summed E-state index contributed by atoms with van der Waals surface area (Å²) in [5.74, 6) is -2.47. The maximum Gasteiger partial charge on any atom is 0.312 e. The molecule has 2 atom stereocenters. The Balaban J connectivity index is 1.69. The second-order valence-corrected chi connectivity index (χ2v) is 18.3. The minimum Gasteiger partial charge on any atom is -0.466 e. The van der Waals surface area contributed by atoms with Gasteiger partial charge in [-0.25, -0.2) is 0 Å². The number of benzene rings is 1. The minimum absolute atomic E-state index is 0.0774. The van der Waals surface area contributed by atoms with Crippen LogP contribution in [-0.2, 0) is 73.8 Å². The number of nitrogens with zero attached hydrogens (tertiary/aromatic N) is 3. The van der Waals surface area contributed by atoms with Crippen molar-refractivity contribution in [3.05, 3.63) is 71.9 Å². The highest BCUT2D eigenvalue weighted by Crippen LogP contribution is 2.49. The zero-order chi connectivity index (χ0) is 45.3. The van der Waals surface area contributed by atoms with E-state index in [1.165, 1.54) is 6.26 Å². The molecule has 0 saturated carbocycles. The van der Waals surface area contributed by atoms with Crippen LogP contribution < -0.4 is 0 Å². The maximum atomic E-state index is 14.2. The van der Waals surface area contributed by atoms with Crippen molar-refractivity contribution in [2.45, 2.75) is 133 Å². The lowest BCUT2D eigenvalue weighted by atomic mass is 9.62. The summed E-state index contributed by atoms with van der Waals surface area (Å²) in [6.07, 6.45) is 6.10. The van der Waals surface area contributed by atoms with Gasteiger partial charge in [0.2, 0.25) is 0 Å². The summed E-state index contributed by atoms with van der Waals surface area (Å²) in [6, 6.07) is 13.3. The number of carbonyl (C=O) groups excluding carboxylic acids is 5. The van der Waals surface area contributed by atoms with Gasteiger partial charge < -0.3 is 33.2 Å². The van der Waals surface area contributed by atoms with Gasteiger partial charge in [-0.3, -0.25) is 28.7 Å². The Bertz CT molecular complexity index is 1850. The number of rotatable bonds is 27. The van der Waals surface area contributed by atoms with E-state index in [-0.39, 0.29) is 58.3 Å². The number of esters is 5. The Hall–Kier alpha value is -5.05. The first-order chi connectivity index (χ1) is 28.7. The van der Waals surface area contributed by atoms with Gasteiger partial charge >= 0.3 is 29.8 Å². The average molecular weight is 854 g/mol. The molecule has 0 radical (unpaired) electrons. The van der Waals surface area contributed by atoms with E-state index in [0.717, 1.165) is 18.4 Å². The van der Waals surface area contributed by atoms with Gasteiger partial charge in [-0.15, -0.1) is 5.10 Å². The van der Waals surface area contributed by atoms with Crippen molar-refractivity contribution >= 4 is 29.8 Å². The van der Waals surface area contributed by atoms with E-state index in [1.54, 1.807) is 64.6 Å². The van der Waals surface area contributed by atoms with Crippen molar-refractivity contribution < 1.29 is 57.2 Å². The Morgan fingerprint density at radius 1 is 0.656 bits per heavy atom. The molecule has 0 aliphatic carbocycles. The van der Waals surface area contributed by atoms with Crippen molar-refractivity contribution in [3.8, 4) is 0 Å². The van der Waals surface area contributed by atoms with Gasteiger partial charge in [-0.1, -0.05) is 48.9 Å². The highest BCUT2D eigenvalue weighted by molar-refractivity contribution is 5.84. The average Bonchev–Trinajstić information content (AvgIpc) is 3.91. The predicted molar refractivity (Wildman–Crippen MR) is 224 cm³/mol. The van der Waals surface area contributed by atoms with Crippen LogP contribution in [0.25, 0.3) is 0 Å². The number of ether oxygens (including phenoxy) is 5. The lowest BCUT2D eigenvalue weighted by Crippen LogP contribution is -2.47. The molecule has 2 aromatic heterocycles. The summed E-state index contributed by atoms with van der Waals surface area (Å²) in [6.45, 7) is 15.2. The summed E-state index contributed by atoms with van der Waals surface area (Å²) in [4.78, 5) is 67.9. The molecule has 0 aliphatic rings. The first kappa shape index (κ1) is 50.3. The normalized spacial score (nSPS) is 14.0. The molecule has 15 heteroatoms. The smallest absolute Gasteiger partial charge is 0.312 e. The quantitative estimate of drug-likeness (QED) is 0.0454. The van der Waals surface area contributed by atoms with Crippen LogP contribution in [0.3, 0.4) is 0 Å². The lowest BCUT2D eigenvalue weighted by molar-refractivity contribution is -0.173. The molecule has 3 rings (SSSR count). The molecule has 338 valence electrons. The van der Waals surface area contributed by atoms with Gasteiger partial charge in [0.25, 0.3) is 0 Å². The Labute approximate surface area is 360 Å². The van der Waals surface area contributed by atoms with Gasteiger partial charge in [0.1, 0.15) is 31.3 Å². The topological polar surface area (TPSA) is 196 Å². The molecular formula is C46H67N3O12. The number of unbranched alkanes of at least 4 members (excludes halogenated alkanes) is 1. The predicted octanol–water partition coefficient (Wildman–Crippen LogP) is 7.36. The maximum absolute atomic E-state index is 14.2. The molecule has 1 aromatic carbocycles. The van der Waals surface area contributed by atoms with E-state index >= 15 is 0 Å². The molecule has 0 spiro atoms. The van der Waals surface area contributed by atoms with Crippen molar-refractivity contribution in [1.82, 2.24) is 15.0 Å². The third-order valence-electron chi connectivity index (χ3n) is 10.7. The number of aryl methyl sites for hydroxylation is 2. The highest BCUT2D eigenvalue weighted by Gasteiger charge is 2.53. The van der Waals surface area contributed by atoms with Crippen LogP contribution in [0.2, 0.25) is 0 Å². The van der Waals surface area contributed by atoms with Crippen molar-refractivity contribution in [2.75, 3.05) is 26.4 Å². The lowest BCUT2D eigenvalue weighted by Gasteiger charge is -2.42. The molecule has 0 fully saturated rings. The number of hydrogen-bond donors (Lipinski definition) is 1. The number of aliphatic hydroxyl groups excluding tert-OH is 1. The van der Waals surface area contributed by atoms with Crippen LogP contribution in [0.4, 0.5) is 0 Å². The molecule has 0 bridgehead atoms. The van der Waals surface area contributed by atoms with Gasteiger partial charge in [0.15, 0.2) is 0 Å².